The van der Waals surface area contributed by atoms with Crippen LogP contribution >= 0.6 is 0 Å². The number of methoxy groups -OCH3 is 1. The van der Waals surface area contributed by atoms with Gasteiger partial charge in [0.05, 0.1) is 18.1 Å². The molecule has 4 rings (SSSR count). The fourth-order valence-corrected chi connectivity index (χ4v) is 3.27. The molecule has 2 aromatic heterocycles. The predicted molar refractivity (Wildman–Crippen MR) is 89.5 cm³/mol. The van der Waals surface area contributed by atoms with Crippen molar-refractivity contribution in [3.05, 3.63) is 54.1 Å². The first-order chi connectivity index (χ1) is 11.3. The van der Waals surface area contributed by atoms with Crippen molar-refractivity contribution >= 4 is 11.0 Å². The molecule has 0 saturated carbocycles. The number of hydrogen-bond acceptors (Lipinski definition) is 4. The number of nitrogens with one attached hydrogen (secondary N) is 1. The summed E-state index contributed by atoms with van der Waals surface area (Å²) < 4.78 is 5.28. The number of aromatic amines is 1. The molecule has 0 unspecified atom stereocenters. The monoisotopic (exact) mass is 308 g/mol. The molecule has 23 heavy (non-hydrogen) atoms. The molecule has 3 heterocycles. The van der Waals surface area contributed by atoms with Gasteiger partial charge in [-0.1, -0.05) is 0 Å². The van der Waals surface area contributed by atoms with Crippen LogP contribution in [0.4, 0.5) is 0 Å². The van der Waals surface area contributed by atoms with Crippen LogP contribution in [0.25, 0.3) is 11.0 Å². The van der Waals surface area contributed by atoms with E-state index in [1.807, 2.05) is 30.6 Å². The number of fused-ring (bicyclic) bond motifs is 1. The number of nitrogens with zero attached hydrogens (tertiary/aromatic N) is 3. The maximum Gasteiger partial charge on any atom is 0.121 e. The molecule has 118 valence electrons. The van der Waals surface area contributed by atoms with Crippen LogP contribution in [0, 0.1) is 0 Å². The molecule has 5 heteroatoms. The first kappa shape index (κ1) is 14.2. The summed E-state index contributed by atoms with van der Waals surface area (Å²) in [4.78, 5) is 14.8. The normalized spacial score (nSPS) is 18.6. The van der Waals surface area contributed by atoms with E-state index in [1.54, 1.807) is 7.11 Å². The van der Waals surface area contributed by atoms with E-state index in [4.69, 9.17) is 9.72 Å². The Bertz CT molecular complexity index is 799. The lowest BCUT2D eigenvalue weighted by Gasteiger charge is -2.15. The van der Waals surface area contributed by atoms with Gasteiger partial charge in [-0.2, -0.15) is 0 Å². The van der Waals surface area contributed by atoms with Crippen LogP contribution in [-0.4, -0.2) is 40.1 Å². The summed E-state index contributed by atoms with van der Waals surface area (Å²) in [6.45, 7) is 3.12. The zero-order valence-electron chi connectivity index (χ0n) is 13.2. The molecule has 0 bridgehead atoms. The minimum absolute atomic E-state index is 0.468. The Morgan fingerprint density at radius 1 is 1.26 bits per heavy atom. The fraction of sp³-hybridized carbons (Fsp3) is 0.333. The Morgan fingerprint density at radius 2 is 2.13 bits per heavy atom. The number of benzene rings is 1. The smallest absolute Gasteiger partial charge is 0.121 e. The van der Waals surface area contributed by atoms with Gasteiger partial charge in [0, 0.05) is 37.5 Å². The highest BCUT2D eigenvalue weighted by Crippen LogP contribution is 2.28. The lowest BCUT2D eigenvalue weighted by atomic mass is 10.1. The second-order valence-electron chi connectivity index (χ2n) is 6.08. The van der Waals surface area contributed by atoms with Gasteiger partial charge in [0.2, 0.25) is 0 Å². The molecule has 1 fully saturated rings. The van der Waals surface area contributed by atoms with Crippen LogP contribution in [0.1, 0.15) is 23.7 Å². The van der Waals surface area contributed by atoms with Gasteiger partial charge in [0.15, 0.2) is 0 Å². The molecule has 1 aromatic carbocycles. The zero-order chi connectivity index (χ0) is 15.6. The van der Waals surface area contributed by atoms with E-state index in [-0.39, 0.29) is 0 Å². The number of hydrogen-bond donors (Lipinski definition) is 1. The van der Waals surface area contributed by atoms with Gasteiger partial charge in [-0.15, -0.1) is 0 Å². The van der Waals surface area contributed by atoms with Crippen molar-refractivity contribution in [2.45, 2.75) is 18.9 Å². The van der Waals surface area contributed by atoms with Crippen molar-refractivity contribution in [3.8, 4) is 5.75 Å². The summed E-state index contributed by atoms with van der Waals surface area (Å²) in [6.07, 6.45) is 4.85. The molecule has 0 amide bonds. The first-order valence-corrected chi connectivity index (χ1v) is 7.97. The van der Waals surface area contributed by atoms with Crippen LogP contribution in [0.5, 0.6) is 5.75 Å². The second kappa shape index (κ2) is 6.01. The molecule has 1 aliphatic heterocycles. The standard InChI is InChI=1S/C18H20N4O/c1-23-15-2-3-16-17(10-15)21-18(20-16)14-6-9-22(12-14)11-13-4-7-19-8-5-13/h2-5,7-8,10,14H,6,9,11-12H2,1H3,(H,20,21)/t14-/m0/s1. The van der Waals surface area contributed by atoms with Crippen LogP contribution in [-0.2, 0) is 6.54 Å². The summed E-state index contributed by atoms with van der Waals surface area (Å²) >= 11 is 0. The number of rotatable bonds is 4. The Balaban J connectivity index is 1.49. The summed E-state index contributed by atoms with van der Waals surface area (Å²) in [5.41, 5.74) is 3.37. The van der Waals surface area contributed by atoms with Crippen molar-refractivity contribution in [2.24, 2.45) is 0 Å². The van der Waals surface area contributed by atoms with Crippen molar-refractivity contribution < 1.29 is 4.74 Å². The van der Waals surface area contributed by atoms with E-state index in [9.17, 15) is 0 Å². The van der Waals surface area contributed by atoms with E-state index in [2.05, 4.69) is 27.0 Å². The minimum atomic E-state index is 0.468. The third kappa shape index (κ3) is 2.92. The highest BCUT2D eigenvalue weighted by molar-refractivity contribution is 5.76. The third-order valence-electron chi connectivity index (χ3n) is 4.52. The summed E-state index contributed by atoms with van der Waals surface area (Å²) in [5, 5.41) is 0. The van der Waals surface area contributed by atoms with Gasteiger partial charge in [-0.05, 0) is 42.8 Å². The zero-order valence-corrected chi connectivity index (χ0v) is 13.2. The van der Waals surface area contributed by atoms with E-state index in [0.29, 0.717) is 5.92 Å². The molecule has 1 atom stereocenters. The summed E-state index contributed by atoms with van der Waals surface area (Å²) in [6, 6.07) is 10.1. The van der Waals surface area contributed by atoms with E-state index in [0.717, 1.165) is 48.7 Å². The highest BCUT2D eigenvalue weighted by atomic mass is 16.5. The number of ether oxygens (including phenoxy) is 1. The lowest BCUT2D eigenvalue weighted by Crippen LogP contribution is -2.19. The Kier molecular flexibility index (Phi) is 3.71. The second-order valence-corrected chi connectivity index (χ2v) is 6.08. The maximum absolute atomic E-state index is 5.28. The van der Waals surface area contributed by atoms with Gasteiger partial charge < -0.3 is 9.72 Å². The average molecular weight is 308 g/mol. The van der Waals surface area contributed by atoms with Crippen molar-refractivity contribution in [1.29, 1.82) is 0 Å². The number of likely N-dealkylation sites (tertiary alicyclic amines) is 1. The highest BCUT2D eigenvalue weighted by Gasteiger charge is 2.26. The molecule has 0 spiro atoms. The van der Waals surface area contributed by atoms with Gasteiger partial charge in [0.1, 0.15) is 11.6 Å². The van der Waals surface area contributed by atoms with Crippen molar-refractivity contribution in [3.63, 3.8) is 0 Å². The van der Waals surface area contributed by atoms with Gasteiger partial charge in [0.25, 0.3) is 0 Å². The molecule has 1 N–H and O–H groups in total. The van der Waals surface area contributed by atoms with Crippen molar-refractivity contribution in [2.75, 3.05) is 20.2 Å². The Hall–Kier alpha value is -2.40. The summed E-state index contributed by atoms with van der Waals surface area (Å²) in [7, 11) is 1.69. The molecule has 3 aromatic rings. The Morgan fingerprint density at radius 3 is 2.96 bits per heavy atom. The van der Waals surface area contributed by atoms with E-state index in [1.165, 1.54) is 5.56 Å². The topological polar surface area (TPSA) is 54.0 Å². The van der Waals surface area contributed by atoms with Crippen molar-refractivity contribution in [1.82, 2.24) is 19.9 Å². The van der Waals surface area contributed by atoms with Crippen LogP contribution in [0.15, 0.2) is 42.7 Å². The molecule has 1 saturated heterocycles. The average Bonchev–Trinajstić information content (AvgIpc) is 3.21. The molecule has 0 aliphatic carbocycles. The molecular weight excluding hydrogens is 288 g/mol. The maximum atomic E-state index is 5.28. The SMILES string of the molecule is COc1ccc2nc([C@H]3CCN(Cc4ccncc4)C3)[nH]c2c1. The van der Waals surface area contributed by atoms with Gasteiger partial charge in [-0.25, -0.2) is 4.98 Å². The molecule has 0 radical (unpaired) electrons. The van der Waals surface area contributed by atoms with Crippen LogP contribution in [0.3, 0.4) is 0 Å². The molecular formula is C18H20N4O. The predicted octanol–water partition coefficient (Wildman–Crippen LogP) is 2.96. The van der Waals surface area contributed by atoms with Crippen LogP contribution < -0.4 is 4.74 Å². The number of pyridine rings is 1. The van der Waals surface area contributed by atoms with E-state index < -0.39 is 0 Å². The number of H-pyrrole nitrogens is 1. The third-order valence-corrected chi connectivity index (χ3v) is 4.52. The van der Waals surface area contributed by atoms with Gasteiger partial charge in [-0.3, -0.25) is 9.88 Å². The minimum Gasteiger partial charge on any atom is -0.497 e. The fourth-order valence-electron chi connectivity index (χ4n) is 3.27. The van der Waals surface area contributed by atoms with Crippen LogP contribution in [0.2, 0.25) is 0 Å². The van der Waals surface area contributed by atoms with E-state index >= 15 is 0 Å². The van der Waals surface area contributed by atoms with Gasteiger partial charge >= 0.3 is 0 Å². The molecule has 1 aliphatic rings. The first-order valence-electron chi connectivity index (χ1n) is 7.97. The lowest BCUT2D eigenvalue weighted by molar-refractivity contribution is 0.326. The quantitative estimate of drug-likeness (QED) is 0.805. The summed E-state index contributed by atoms with van der Waals surface area (Å²) in [5.74, 6) is 2.42. The largest absolute Gasteiger partial charge is 0.497 e. The number of aromatic nitrogens is 3. The number of imidazole rings is 1. The molecule has 5 nitrogen and oxygen atoms in total. The Labute approximate surface area is 135 Å².